The Morgan fingerprint density at radius 2 is 1.77 bits per heavy atom. The maximum absolute atomic E-state index is 13.6. The van der Waals surface area contributed by atoms with Crippen molar-refractivity contribution in [3.63, 3.8) is 0 Å². The normalized spacial score (nSPS) is 13.7. The summed E-state index contributed by atoms with van der Waals surface area (Å²) in [5.74, 6) is 1.05. The first-order chi connectivity index (χ1) is 15.1. The molecule has 2 aromatic carbocycles. The highest BCUT2D eigenvalue weighted by atomic mass is 19.1. The topological polar surface area (TPSA) is 67.8 Å². The van der Waals surface area contributed by atoms with E-state index in [1.54, 1.807) is 30.5 Å². The van der Waals surface area contributed by atoms with Gasteiger partial charge in [0.05, 0.1) is 12.8 Å². The Morgan fingerprint density at radius 1 is 1.03 bits per heavy atom. The van der Waals surface area contributed by atoms with Crippen LogP contribution in [0.4, 0.5) is 10.2 Å². The van der Waals surface area contributed by atoms with E-state index < -0.39 is 5.82 Å². The number of carbonyl (C=O) groups is 1. The van der Waals surface area contributed by atoms with Gasteiger partial charge in [-0.15, -0.1) is 0 Å². The van der Waals surface area contributed by atoms with E-state index >= 15 is 0 Å². The third-order valence-corrected chi connectivity index (χ3v) is 5.18. The molecule has 0 N–H and O–H groups in total. The molecule has 8 heteroatoms. The molecule has 1 fully saturated rings. The lowest BCUT2D eigenvalue weighted by Crippen LogP contribution is -2.50. The minimum atomic E-state index is -0.475. The Bertz CT molecular complexity index is 1040. The van der Waals surface area contributed by atoms with Gasteiger partial charge in [-0.3, -0.25) is 4.79 Å². The first kappa shape index (κ1) is 20.6. The molecule has 1 aromatic heterocycles. The fraction of sp³-hybridized carbons (Fsp3) is 0.261. The second kappa shape index (κ2) is 9.42. The van der Waals surface area contributed by atoms with Gasteiger partial charge in [0.2, 0.25) is 0 Å². The quantitative estimate of drug-likeness (QED) is 0.608. The molecule has 7 nitrogen and oxygen atoms in total. The Hall–Kier alpha value is -3.68. The number of aromatic nitrogens is 2. The summed E-state index contributed by atoms with van der Waals surface area (Å²) in [6, 6.07) is 15.7. The number of ether oxygens (including phenoxy) is 2. The molecule has 1 saturated heterocycles. The van der Waals surface area contributed by atoms with E-state index in [1.165, 1.54) is 12.1 Å². The summed E-state index contributed by atoms with van der Waals surface area (Å²) in [6.45, 7) is 2.19. The molecule has 2 heterocycles. The molecule has 160 valence electrons. The summed E-state index contributed by atoms with van der Waals surface area (Å²) in [5.41, 5.74) is 1.80. The predicted octanol–water partition coefficient (Wildman–Crippen LogP) is 3.02. The van der Waals surface area contributed by atoms with Crippen LogP contribution >= 0.6 is 0 Å². The Morgan fingerprint density at radius 3 is 2.48 bits per heavy atom. The molecular weight excluding hydrogens is 399 g/mol. The SMILES string of the molecule is COc1ccc(-c2cc(N3CCN(C(=O)COc4ccccc4F)CC3)ncn2)cc1. The van der Waals surface area contributed by atoms with Gasteiger partial charge in [0.1, 0.15) is 17.9 Å². The Kier molecular flexibility index (Phi) is 6.26. The molecule has 0 atom stereocenters. The first-order valence-corrected chi connectivity index (χ1v) is 10.0. The fourth-order valence-electron chi connectivity index (χ4n) is 3.42. The van der Waals surface area contributed by atoms with Crippen molar-refractivity contribution in [1.29, 1.82) is 0 Å². The van der Waals surface area contributed by atoms with Crippen molar-refractivity contribution in [3.8, 4) is 22.8 Å². The molecular formula is C23H23FN4O3. The van der Waals surface area contributed by atoms with Gasteiger partial charge in [-0.2, -0.15) is 0 Å². The van der Waals surface area contributed by atoms with E-state index in [-0.39, 0.29) is 18.3 Å². The summed E-state index contributed by atoms with van der Waals surface area (Å²) in [6.07, 6.45) is 1.55. The van der Waals surface area contributed by atoms with Crippen LogP contribution in [0.2, 0.25) is 0 Å². The lowest BCUT2D eigenvalue weighted by Gasteiger charge is -2.35. The van der Waals surface area contributed by atoms with E-state index in [2.05, 4.69) is 14.9 Å². The van der Waals surface area contributed by atoms with Crippen LogP contribution in [0.5, 0.6) is 11.5 Å². The highest BCUT2D eigenvalue weighted by Gasteiger charge is 2.23. The van der Waals surface area contributed by atoms with Crippen molar-refractivity contribution < 1.29 is 18.7 Å². The summed E-state index contributed by atoms with van der Waals surface area (Å²) in [4.78, 5) is 25.1. The van der Waals surface area contributed by atoms with E-state index in [0.717, 1.165) is 22.8 Å². The van der Waals surface area contributed by atoms with Gasteiger partial charge in [-0.25, -0.2) is 14.4 Å². The zero-order valence-corrected chi connectivity index (χ0v) is 17.2. The number of benzene rings is 2. The minimum absolute atomic E-state index is 0.0848. The summed E-state index contributed by atoms with van der Waals surface area (Å²) in [5, 5.41) is 0. The molecule has 3 aromatic rings. The number of carbonyl (C=O) groups excluding carboxylic acids is 1. The number of methoxy groups -OCH3 is 1. The summed E-state index contributed by atoms with van der Waals surface area (Å²) < 4.78 is 24.2. The predicted molar refractivity (Wildman–Crippen MR) is 115 cm³/mol. The van der Waals surface area contributed by atoms with Gasteiger partial charge in [-0.05, 0) is 36.4 Å². The number of para-hydroxylation sites is 1. The molecule has 31 heavy (non-hydrogen) atoms. The van der Waals surface area contributed by atoms with Gasteiger partial charge < -0.3 is 19.3 Å². The average Bonchev–Trinajstić information content (AvgIpc) is 2.83. The molecule has 1 aliphatic rings. The molecule has 0 bridgehead atoms. The fourth-order valence-corrected chi connectivity index (χ4v) is 3.42. The van der Waals surface area contributed by atoms with Crippen molar-refractivity contribution in [2.75, 3.05) is 44.8 Å². The molecule has 0 unspecified atom stereocenters. The molecule has 1 amide bonds. The maximum atomic E-state index is 13.6. The van der Waals surface area contributed by atoms with Gasteiger partial charge in [0.15, 0.2) is 18.2 Å². The monoisotopic (exact) mass is 422 g/mol. The van der Waals surface area contributed by atoms with Crippen LogP contribution in [0, 0.1) is 5.82 Å². The smallest absolute Gasteiger partial charge is 0.260 e. The number of nitrogens with zero attached hydrogens (tertiary/aromatic N) is 4. The van der Waals surface area contributed by atoms with E-state index in [1.807, 2.05) is 30.3 Å². The Balaban J connectivity index is 1.34. The van der Waals surface area contributed by atoms with Crippen LogP contribution in [0.3, 0.4) is 0 Å². The largest absolute Gasteiger partial charge is 0.497 e. The number of halogens is 1. The van der Waals surface area contributed by atoms with Crippen molar-refractivity contribution in [2.45, 2.75) is 0 Å². The van der Waals surface area contributed by atoms with E-state index in [4.69, 9.17) is 9.47 Å². The van der Waals surface area contributed by atoms with Crippen molar-refractivity contribution in [1.82, 2.24) is 14.9 Å². The third-order valence-electron chi connectivity index (χ3n) is 5.18. The average molecular weight is 422 g/mol. The number of rotatable bonds is 6. The third kappa shape index (κ3) is 4.91. The maximum Gasteiger partial charge on any atom is 0.260 e. The van der Waals surface area contributed by atoms with Crippen LogP contribution in [-0.2, 0) is 4.79 Å². The zero-order valence-electron chi connectivity index (χ0n) is 17.2. The number of amides is 1. The van der Waals surface area contributed by atoms with Gasteiger partial charge >= 0.3 is 0 Å². The van der Waals surface area contributed by atoms with E-state index in [0.29, 0.717) is 26.2 Å². The second-order valence-corrected chi connectivity index (χ2v) is 7.08. The van der Waals surface area contributed by atoms with Gasteiger partial charge in [0.25, 0.3) is 5.91 Å². The number of anilines is 1. The zero-order chi connectivity index (χ0) is 21.6. The standard InChI is InChI=1S/C23H23FN4O3/c1-30-18-8-6-17(7-9-18)20-14-22(26-16-25-20)27-10-12-28(13-11-27)23(29)15-31-21-5-3-2-4-19(21)24/h2-9,14,16H,10-13,15H2,1H3. The molecule has 4 rings (SSSR count). The molecule has 1 aliphatic heterocycles. The van der Waals surface area contributed by atoms with Crippen LogP contribution in [0.1, 0.15) is 0 Å². The van der Waals surface area contributed by atoms with Crippen molar-refractivity contribution >= 4 is 11.7 Å². The molecule has 0 spiro atoms. The van der Waals surface area contributed by atoms with Crippen LogP contribution in [0.25, 0.3) is 11.3 Å². The molecule has 0 aliphatic carbocycles. The number of piperazine rings is 1. The van der Waals surface area contributed by atoms with Crippen molar-refractivity contribution in [2.24, 2.45) is 0 Å². The molecule has 0 radical (unpaired) electrons. The summed E-state index contributed by atoms with van der Waals surface area (Å²) in [7, 11) is 1.63. The number of hydrogen-bond donors (Lipinski definition) is 0. The van der Waals surface area contributed by atoms with Gasteiger partial charge in [0, 0.05) is 37.8 Å². The highest BCUT2D eigenvalue weighted by molar-refractivity contribution is 5.78. The lowest BCUT2D eigenvalue weighted by molar-refractivity contribution is -0.133. The van der Waals surface area contributed by atoms with Crippen molar-refractivity contribution in [3.05, 3.63) is 66.7 Å². The van der Waals surface area contributed by atoms with Crippen LogP contribution in [-0.4, -0.2) is 60.7 Å². The molecule has 0 saturated carbocycles. The first-order valence-electron chi connectivity index (χ1n) is 10.0. The Labute approximate surface area is 180 Å². The minimum Gasteiger partial charge on any atom is -0.497 e. The highest BCUT2D eigenvalue weighted by Crippen LogP contribution is 2.24. The van der Waals surface area contributed by atoms with Gasteiger partial charge in [-0.1, -0.05) is 12.1 Å². The van der Waals surface area contributed by atoms with Crippen LogP contribution < -0.4 is 14.4 Å². The van der Waals surface area contributed by atoms with E-state index in [9.17, 15) is 9.18 Å². The van der Waals surface area contributed by atoms with Crippen LogP contribution in [0.15, 0.2) is 60.9 Å². The lowest BCUT2D eigenvalue weighted by atomic mass is 10.1. The number of hydrogen-bond acceptors (Lipinski definition) is 6. The summed E-state index contributed by atoms with van der Waals surface area (Å²) >= 11 is 0. The second-order valence-electron chi connectivity index (χ2n) is 7.08.